The molecule has 0 saturated carbocycles. The average Bonchev–Trinajstić information content (AvgIpc) is 2.99. The number of hydrogen-bond acceptors (Lipinski definition) is 10. The van der Waals surface area contributed by atoms with Crippen LogP contribution in [0.3, 0.4) is 0 Å². The SMILES string of the molecule is C=CC(=O)N1CCN(c2cc(C(=O)Nc3cc(O)cc4ccccc34)nc(OC[C@@H]3CN(C)CCO3)n2)C[C@@H]1CC#N. The van der Waals surface area contributed by atoms with Gasteiger partial charge in [-0.2, -0.15) is 15.2 Å². The van der Waals surface area contributed by atoms with Crippen molar-refractivity contribution in [1.82, 2.24) is 19.8 Å². The third-order valence-electron chi connectivity index (χ3n) is 7.35. The highest BCUT2D eigenvalue weighted by Crippen LogP contribution is 2.29. The summed E-state index contributed by atoms with van der Waals surface area (Å²) in [5, 5.41) is 24.0. The molecule has 12 nitrogen and oxygen atoms in total. The van der Waals surface area contributed by atoms with Crippen LogP contribution in [-0.2, 0) is 9.53 Å². The number of carbonyl (C=O) groups excluding carboxylic acids is 2. The minimum atomic E-state index is -0.512. The number of likely N-dealkylation sites (N-methyl/N-ethyl adjacent to an activating group) is 1. The number of nitrogens with zero attached hydrogens (tertiary/aromatic N) is 6. The molecule has 0 aliphatic carbocycles. The van der Waals surface area contributed by atoms with Crippen LogP contribution in [-0.4, -0.2) is 102 Å². The molecule has 2 fully saturated rings. The van der Waals surface area contributed by atoms with Gasteiger partial charge in [0.05, 0.1) is 30.8 Å². The van der Waals surface area contributed by atoms with Gasteiger partial charge < -0.3 is 34.6 Å². The number of aromatic hydroxyl groups is 1. The van der Waals surface area contributed by atoms with E-state index in [2.05, 4.69) is 32.8 Å². The number of amides is 2. The Hall–Kier alpha value is -4.73. The lowest BCUT2D eigenvalue weighted by molar-refractivity contribution is -0.128. The fourth-order valence-corrected chi connectivity index (χ4v) is 5.23. The number of morpholine rings is 1. The van der Waals surface area contributed by atoms with Crippen molar-refractivity contribution in [1.29, 1.82) is 5.26 Å². The first-order chi connectivity index (χ1) is 20.3. The van der Waals surface area contributed by atoms with Crippen molar-refractivity contribution >= 4 is 34.1 Å². The second-order valence-corrected chi connectivity index (χ2v) is 10.3. The van der Waals surface area contributed by atoms with Crippen LogP contribution < -0.4 is 15.0 Å². The van der Waals surface area contributed by atoms with Crippen LogP contribution in [0.15, 0.2) is 55.1 Å². The molecule has 2 atom stereocenters. The summed E-state index contributed by atoms with van der Waals surface area (Å²) in [6.45, 7) is 7.00. The van der Waals surface area contributed by atoms with E-state index in [0.717, 1.165) is 17.3 Å². The lowest BCUT2D eigenvalue weighted by Gasteiger charge is -2.40. The zero-order chi connectivity index (χ0) is 29.6. The summed E-state index contributed by atoms with van der Waals surface area (Å²) in [6.07, 6.45) is 1.20. The Bertz CT molecular complexity index is 1520. The Morgan fingerprint density at radius 3 is 2.83 bits per heavy atom. The van der Waals surface area contributed by atoms with E-state index < -0.39 is 5.91 Å². The maximum absolute atomic E-state index is 13.6. The molecule has 5 rings (SSSR count). The standard InChI is InChI=1S/C30H33N7O5/c1-3-28(39)37-11-10-36(17-21(37)8-9-31)27-16-26(33-30(34-27)42-19-23-18-35(2)12-13-41-23)29(40)32-25-15-22(38)14-20-6-4-5-7-24(20)25/h3-7,14-16,21,23,38H,1,8,10-13,17-19H2,2H3,(H,32,40)/t21-,23-/m0/s1. The van der Waals surface area contributed by atoms with Crippen LogP contribution >= 0.6 is 0 Å². The van der Waals surface area contributed by atoms with Gasteiger partial charge in [0.15, 0.2) is 0 Å². The van der Waals surface area contributed by atoms with Gasteiger partial charge >= 0.3 is 6.01 Å². The Kier molecular flexibility index (Phi) is 8.80. The molecule has 0 radical (unpaired) electrons. The second-order valence-electron chi connectivity index (χ2n) is 10.3. The molecule has 2 amide bonds. The monoisotopic (exact) mass is 571 g/mol. The average molecular weight is 572 g/mol. The van der Waals surface area contributed by atoms with E-state index in [9.17, 15) is 20.0 Å². The van der Waals surface area contributed by atoms with Crippen LogP contribution in [0.4, 0.5) is 11.5 Å². The molecular formula is C30H33N7O5. The van der Waals surface area contributed by atoms with Crippen LogP contribution in [0.2, 0.25) is 0 Å². The summed E-state index contributed by atoms with van der Waals surface area (Å²) in [4.78, 5) is 40.6. The summed E-state index contributed by atoms with van der Waals surface area (Å²) in [6, 6.07) is 13.9. The first-order valence-corrected chi connectivity index (χ1v) is 13.7. The lowest BCUT2D eigenvalue weighted by Crippen LogP contribution is -2.55. The minimum Gasteiger partial charge on any atom is -0.508 e. The molecule has 0 unspecified atom stereocenters. The number of nitriles is 1. The molecule has 2 aliphatic rings. The van der Waals surface area contributed by atoms with Gasteiger partial charge in [0.1, 0.15) is 30.0 Å². The van der Waals surface area contributed by atoms with E-state index in [1.807, 2.05) is 36.2 Å². The van der Waals surface area contributed by atoms with Gasteiger partial charge in [-0.3, -0.25) is 9.59 Å². The molecule has 0 bridgehead atoms. The zero-order valence-electron chi connectivity index (χ0n) is 23.4. The molecule has 218 valence electrons. The van der Waals surface area contributed by atoms with E-state index in [0.29, 0.717) is 44.3 Å². The van der Waals surface area contributed by atoms with Crippen molar-refractivity contribution in [2.24, 2.45) is 0 Å². The Morgan fingerprint density at radius 1 is 1.21 bits per heavy atom. The molecule has 2 aliphatic heterocycles. The van der Waals surface area contributed by atoms with Crippen molar-refractivity contribution in [3.8, 4) is 17.8 Å². The minimum absolute atomic E-state index is 0.0108. The number of phenolic OH excluding ortho intramolecular Hbond substituents is 1. The number of piperazine rings is 1. The third kappa shape index (κ3) is 6.59. The second kappa shape index (κ2) is 12.8. The molecule has 2 aromatic carbocycles. The van der Waals surface area contributed by atoms with E-state index in [4.69, 9.17) is 9.47 Å². The number of aromatic nitrogens is 2. The predicted octanol–water partition coefficient (Wildman–Crippen LogP) is 2.41. The number of anilines is 2. The fraction of sp³-hybridized carbons (Fsp3) is 0.367. The van der Waals surface area contributed by atoms with E-state index in [1.54, 1.807) is 17.0 Å². The molecule has 12 heteroatoms. The highest BCUT2D eigenvalue weighted by atomic mass is 16.5. The van der Waals surface area contributed by atoms with Gasteiger partial charge in [-0.1, -0.05) is 30.8 Å². The van der Waals surface area contributed by atoms with Gasteiger partial charge in [0, 0.05) is 50.2 Å². The third-order valence-corrected chi connectivity index (χ3v) is 7.35. The Balaban J connectivity index is 1.44. The fourth-order valence-electron chi connectivity index (χ4n) is 5.23. The summed E-state index contributed by atoms with van der Waals surface area (Å²) in [7, 11) is 2.01. The topological polar surface area (TPSA) is 144 Å². The molecule has 2 N–H and O–H groups in total. The molecular weight excluding hydrogens is 538 g/mol. The summed E-state index contributed by atoms with van der Waals surface area (Å²) in [5.41, 5.74) is 0.494. The maximum atomic E-state index is 13.6. The molecule has 42 heavy (non-hydrogen) atoms. The Morgan fingerprint density at radius 2 is 2.05 bits per heavy atom. The van der Waals surface area contributed by atoms with Crippen molar-refractivity contribution < 1.29 is 24.2 Å². The van der Waals surface area contributed by atoms with Crippen molar-refractivity contribution in [2.45, 2.75) is 18.6 Å². The van der Waals surface area contributed by atoms with Crippen LogP contribution in [0.25, 0.3) is 10.8 Å². The number of ether oxygens (including phenoxy) is 2. The van der Waals surface area contributed by atoms with Gasteiger partial charge in [0.25, 0.3) is 5.91 Å². The van der Waals surface area contributed by atoms with Gasteiger partial charge in [-0.25, -0.2) is 0 Å². The molecule has 2 saturated heterocycles. The first kappa shape index (κ1) is 28.8. The molecule has 0 spiro atoms. The number of nitrogens with one attached hydrogen (secondary N) is 1. The predicted molar refractivity (Wildman–Crippen MR) is 156 cm³/mol. The summed E-state index contributed by atoms with van der Waals surface area (Å²) in [5.74, 6) is -0.301. The van der Waals surface area contributed by atoms with E-state index >= 15 is 0 Å². The van der Waals surface area contributed by atoms with Gasteiger partial charge in [-0.15, -0.1) is 0 Å². The lowest BCUT2D eigenvalue weighted by atomic mass is 10.1. The number of fused-ring (bicyclic) bond motifs is 1. The van der Waals surface area contributed by atoms with Crippen LogP contribution in [0.1, 0.15) is 16.9 Å². The van der Waals surface area contributed by atoms with Crippen molar-refractivity contribution in [3.63, 3.8) is 0 Å². The number of carbonyl (C=O) groups is 2. The van der Waals surface area contributed by atoms with Crippen molar-refractivity contribution in [2.75, 3.05) is 63.2 Å². The number of phenols is 1. The normalized spacial score (nSPS) is 19.2. The number of rotatable bonds is 8. The maximum Gasteiger partial charge on any atom is 0.319 e. The number of hydrogen-bond donors (Lipinski definition) is 2. The highest BCUT2D eigenvalue weighted by Gasteiger charge is 2.31. The van der Waals surface area contributed by atoms with Crippen LogP contribution in [0, 0.1) is 11.3 Å². The largest absolute Gasteiger partial charge is 0.508 e. The quantitative estimate of drug-likeness (QED) is 0.387. The number of benzene rings is 2. The van der Waals surface area contributed by atoms with E-state index in [1.165, 1.54) is 12.1 Å². The molecule has 3 heterocycles. The molecule has 3 aromatic rings. The summed E-state index contributed by atoms with van der Waals surface area (Å²) < 4.78 is 11.8. The molecule has 1 aromatic heterocycles. The zero-order valence-corrected chi connectivity index (χ0v) is 23.4. The summed E-state index contributed by atoms with van der Waals surface area (Å²) >= 11 is 0. The van der Waals surface area contributed by atoms with Crippen molar-refractivity contribution in [3.05, 3.63) is 60.8 Å². The van der Waals surface area contributed by atoms with Gasteiger partial charge in [-0.05, 0) is 24.6 Å². The first-order valence-electron chi connectivity index (χ1n) is 13.7. The Labute approximate surface area is 243 Å². The van der Waals surface area contributed by atoms with E-state index in [-0.39, 0.29) is 48.5 Å². The smallest absolute Gasteiger partial charge is 0.319 e. The van der Waals surface area contributed by atoms with Gasteiger partial charge in [0.2, 0.25) is 5.91 Å². The highest BCUT2D eigenvalue weighted by molar-refractivity contribution is 6.09. The van der Waals surface area contributed by atoms with Crippen LogP contribution in [0.5, 0.6) is 11.8 Å².